The first-order valence-electron chi connectivity index (χ1n) is 10.6. The minimum absolute atomic E-state index is 0.00406. The first kappa shape index (κ1) is 18.5. The van der Waals surface area contributed by atoms with Gasteiger partial charge in [0.25, 0.3) is 5.91 Å². The van der Waals surface area contributed by atoms with Gasteiger partial charge in [0.05, 0.1) is 11.2 Å². The van der Waals surface area contributed by atoms with Crippen LogP contribution in [-0.2, 0) is 6.54 Å². The van der Waals surface area contributed by atoms with Gasteiger partial charge in [-0.1, -0.05) is 67.2 Å². The fraction of sp³-hybridized carbons (Fsp3) is 0.0357. The van der Waals surface area contributed by atoms with E-state index in [4.69, 9.17) is 0 Å². The van der Waals surface area contributed by atoms with Crippen LogP contribution in [0, 0.1) is 0 Å². The predicted molar refractivity (Wildman–Crippen MR) is 132 cm³/mol. The molecule has 6 rings (SSSR count). The molecule has 1 aliphatic rings. The first-order chi connectivity index (χ1) is 15.7. The number of hydrogen-bond acceptors (Lipinski definition) is 2. The zero-order valence-electron chi connectivity index (χ0n) is 17.4. The highest BCUT2D eigenvalue weighted by Crippen LogP contribution is 2.35. The third-order valence-electron chi connectivity index (χ3n) is 6.17. The monoisotopic (exact) mass is 415 g/mol. The normalized spacial score (nSPS) is 12.7. The van der Waals surface area contributed by atoms with Crippen LogP contribution in [0.2, 0.25) is 0 Å². The number of benzene rings is 4. The van der Waals surface area contributed by atoms with Gasteiger partial charge in [-0.2, -0.15) is 0 Å². The molecule has 1 amide bonds. The quantitative estimate of drug-likeness (QED) is 0.322. The predicted octanol–water partition coefficient (Wildman–Crippen LogP) is 6.31. The number of hydrogen-bond donors (Lipinski definition) is 3. The molecule has 4 heteroatoms. The molecule has 2 heterocycles. The topological polar surface area (TPSA) is 56.9 Å². The summed E-state index contributed by atoms with van der Waals surface area (Å²) < 4.78 is 0. The van der Waals surface area contributed by atoms with E-state index >= 15 is 0 Å². The summed E-state index contributed by atoms with van der Waals surface area (Å²) >= 11 is 0. The summed E-state index contributed by atoms with van der Waals surface area (Å²) in [7, 11) is 0. The van der Waals surface area contributed by atoms with Gasteiger partial charge in [-0.05, 0) is 46.5 Å². The van der Waals surface area contributed by atoms with Crippen LogP contribution < -0.4 is 10.6 Å². The van der Waals surface area contributed by atoms with E-state index in [-0.39, 0.29) is 5.91 Å². The summed E-state index contributed by atoms with van der Waals surface area (Å²) in [5, 5.41) is 8.65. The number of para-hydroxylation sites is 1. The van der Waals surface area contributed by atoms with Crippen LogP contribution in [0.15, 0.2) is 91.5 Å². The molecule has 0 fully saturated rings. The lowest BCUT2D eigenvalue weighted by Crippen LogP contribution is -2.12. The summed E-state index contributed by atoms with van der Waals surface area (Å²) in [4.78, 5) is 15.7. The van der Waals surface area contributed by atoms with Gasteiger partial charge in [-0.15, -0.1) is 0 Å². The zero-order valence-corrected chi connectivity index (χ0v) is 17.4. The van der Waals surface area contributed by atoms with Crippen molar-refractivity contribution in [1.29, 1.82) is 0 Å². The molecule has 0 unspecified atom stereocenters. The Morgan fingerprint density at radius 3 is 2.53 bits per heavy atom. The zero-order chi connectivity index (χ0) is 21.7. The van der Waals surface area contributed by atoms with Gasteiger partial charge in [0.15, 0.2) is 0 Å². The standard InChI is InChI=1S/C28H21N3O/c1-17(18-6-3-2-4-7-18)30-26-9-5-8-22-24-15-20(12-13-25(24)31-27(22)26)19-10-11-21-16-29-28(32)23(21)14-19/h2-15,30-31H,1,16H2,(H,29,32). The van der Waals surface area contributed by atoms with E-state index in [0.29, 0.717) is 6.54 Å². The van der Waals surface area contributed by atoms with Crippen molar-refractivity contribution >= 4 is 39.1 Å². The minimum atomic E-state index is 0.00406. The molecule has 0 bridgehead atoms. The number of amides is 1. The molecule has 0 spiro atoms. The smallest absolute Gasteiger partial charge is 0.251 e. The third-order valence-corrected chi connectivity index (χ3v) is 6.17. The Morgan fingerprint density at radius 2 is 1.66 bits per heavy atom. The second-order valence-electron chi connectivity index (χ2n) is 8.14. The van der Waals surface area contributed by atoms with Gasteiger partial charge in [-0.3, -0.25) is 4.79 Å². The Morgan fingerprint density at radius 1 is 0.844 bits per heavy atom. The molecular formula is C28H21N3O. The van der Waals surface area contributed by atoms with E-state index in [2.05, 4.69) is 64.7 Å². The van der Waals surface area contributed by atoms with Crippen molar-refractivity contribution in [3.8, 4) is 11.1 Å². The summed E-state index contributed by atoms with van der Waals surface area (Å²) in [5.41, 5.74) is 8.98. The maximum atomic E-state index is 12.1. The van der Waals surface area contributed by atoms with E-state index in [0.717, 1.165) is 61.0 Å². The Kier molecular flexibility index (Phi) is 4.12. The van der Waals surface area contributed by atoms with Crippen molar-refractivity contribution in [2.24, 2.45) is 0 Å². The number of anilines is 1. The molecule has 5 aromatic rings. The van der Waals surface area contributed by atoms with E-state index in [9.17, 15) is 4.79 Å². The molecule has 4 nitrogen and oxygen atoms in total. The van der Waals surface area contributed by atoms with Crippen LogP contribution in [0.1, 0.15) is 21.5 Å². The Bertz CT molecular complexity index is 1530. The van der Waals surface area contributed by atoms with Crippen LogP contribution in [0.25, 0.3) is 38.6 Å². The number of fused-ring (bicyclic) bond motifs is 4. The second-order valence-corrected chi connectivity index (χ2v) is 8.14. The molecule has 154 valence electrons. The van der Waals surface area contributed by atoms with Gasteiger partial charge in [-0.25, -0.2) is 0 Å². The van der Waals surface area contributed by atoms with E-state index < -0.39 is 0 Å². The van der Waals surface area contributed by atoms with Gasteiger partial charge < -0.3 is 15.6 Å². The first-order valence-corrected chi connectivity index (χ1v) is 10.6. The van der Waals surface area contributed by atoms with Gasteiger partial charge in [0, 0.05) is 34.1 Å². The summed E-state index contributed by atoms with van der Waals surface area (Å²) in [6.45, 7) is 4.82. The van der Waals surface area contributed by atoms with E-state index in [1.165, 1.54) is 0 Å². The van der Waals surface area contributed by atoms with Crippen molar-refractivity contribution in [1.82, 2.24) is 10.3 Å². The van der Waals surface area contributed by atoms with Gasteiger partial charge in [0.2, 0.25) is 0 Å². The Labute approximate surface area is 185 Å². The fourth-order valence-electron chi connectivity index (χ4n) is 4.47. The van der Waals surface area contributed by atoms with Gasteiger partial charge >= 0.3 is 0 Å². The molecule has 4 aromatic carbocycles. The number of nitrogens with one attached hydrogen (secondary N) is 3. The largest absolute Gasteiger partial charge is 0.354 e. The average Bonchev–Trinajstić information content (AvgIpc) is 3.40. The molecule has 0 saturated heterocycles. The summed E-state index contributed by atoms with van der Waals surface area (Å²) in [6, 6.07) is 28.9. The van der Waals surface area contributed by atoms with Crippen molar-refractivity contribution in [3.63, 3.8) is 0 Å². The lowest BCUT2D eigenvalue weighted by atomic mass is 9.99. The number of H-pyrrole nitrogens is 1. The molecule has 0 atom stereocenters. The molecule has 0 radical (unpaired) electrons. The Hall–Kier alpha value is -4.31. The maximum absolute atomic E-state index is 12.1. The molecule has 3 N–H and O–H groups in total. The number of carbonyl (C=O) groups excluding carboxylic acids is 1. The fourth-order valence-corrected chi connectivity index (χ4v) is 4.47. The third kappa shape index (κ3) is 2.96. The van der Waals surface area contributed by atoms with Crippen LogP contribution in [0.4, 0.5) is 5.69 Å². The van der Waals surface area contributed by atoms with Crippen LogP contribution >= 0.6 is 0 Å². The SMILES string of the molecule is C=C(Nc1cccc2c1[nH]c1ccc(-c3ccc4c(c3)C(=O)NC4)cc12)c1ccccc1. The number of rotatable bonds is 4. The van der Waals surface area contributed by atoms with Crippen LogP contribution in [0.5, 0.6) is 0 Å². The van der Waals surface area contributed by atoms with Crippen molar-refractivity contribution < 1.29 is 4.79 Å². The summed E-state index contributed by atoms with van der Waals surface area (Å²) in [5.74, 6) is 0.00406. The number of aromatic nitrogens is 1. The van der Waals surface area contributed by atoms with Crippen molar-refractivity contribution in [3.05, 3.63) is 108 Å². The van der Waals surface area contributed by atoms with Crippen LogP contribution in [0.3, 0.4) is 0 Å². The average molecular weight is 415 g/mol. The molecule has 0 aliphatic carbocycles. The molecule has 1 aliphatic heterocycles. The molecule has 0 saturated carbocycles. The highest BCUT2D eigenvalue weighted by molar-refractivity contribution is 6.13. The number of carbonyl (C=O) groups is 1. The van der Waals surface area contributed by atoms with Crippen molar-refractivity contribution in [2.75, 3.05) is 5.32 Å². The van der Waals surface area contributed by atoms with E-state index in [1.54, 1.807) is 0 Å². The minimum Gasteiger partial charge on any atom is -0.354 e. The van der Waals surface area contributed by atoms with Crippen LogP contribution in [-0.4, -0.2) is 10.9 Å². The second kappa shape index (κ2) is 7.13. The molecular weight excluding hydrogens is 394 g/mol. The molecule has 32 heavy (non-hydrogen) atoms. The Balaban J connectivity index is 1.42. The molecule has 1 aromatic heterocycles. The number of aromatic amines is 1. The van der Waals surface area contributed by atoms with Crippen molar-refractivity contribution in [2.45, 2.75) is 6.54 Å². The van der Waals surface area contributed by atoms with E-state index in [1.807, 2.05) is 42.5 Å². The lowest BCUT2D eigenvalue weighted by Gasteiger charge is -2.10. The highest BCUT2D eigenvalue weighted by atomic mass is 16.1. The van der Waals surface area contributed by atoms with Gasteiger partial charge in [0.1, 0.15) is 0 Å². The lowest BCUT2D eigenvalue weighted by molar-refractivity contribution is 0.0966. The summed E-state index contributed by atoms with van der Waals surface area (Å²) in [6.07, 6.45) is 0. The highest BCUT2D eigenvalue weighted by Gasteiger charge is 2.19. The maximum Gasteiger partial charge on any atom is 0.251 e.